The molecule has 0 aromatic heterocycles. The van der Waals surface area contributed by atoms with Gasteiger partial charge >= 0.3 is 6.03 Å². The van der Waals surface area contributed by atoms with Crippen molar-refractivity contribution in [2.75, 3.05) is 32.1 Å². The highest BCUT2D eigenvalue weighted by atomic mass is 16.5. The lowest BCUT2D eigenvalue weighted by Gasteiger charge is -2.38. The van der Waals surface area contributed by atoms with Gasteiger partial charge in [-0.05, 0) is 30.7 Å². The minimum atomic E-state index is -0.270. The van der Waals surface area contributed by atoms with Gasteiger partial charge in [-0.1, -0.05) is 36.4 Å². The minimum Gasteiger partial charge on any atom is -0.497 e. The Morgan fingerprint density at radius 2 is 2.04 bits per heavy atom. The lowest BCUT2D eigenvalue weighted by Crippen LogP contribution is -2.54. The molecule has 1 aliphatic heterocycles. The van der Waals surface area contributed by atoms with Gasteiger partial charge < -0.3 is 20.5 Å². The van der Waals surface area contributed by atoms with Gasteiger partial charge in [0.2, 0.25) is 0 Å². The Morgan fingerprint density at radius 1 is 1.22 bits per heavy atom. The molecule has 0 bridgehead atoms. The number of aliphatic hydroxyl groups is 1. The number of urea groups is 1. The molecule has 2 aromatic rings. The zero-order valence-electron chi connectivity index (χ0n) is 15.6. The highest BCUT2D eigenvalue weighted by Gasteiger charge is 2.30. The summed E-state index contributed by atoms with van der Waals surface area (Å²) in [4.78, 5) is 14.8. The predicted octanol–water partition coefficient (Wildman–Crippen LogP) is 2.70. The van der Waals surface area contributed by atoms with Gasteiger partial charge in [0.25, 0.3) is 0 Å². The Kier molecular flexibility index (Phi) is 6.68. The van der Waals surface area contributed by atoms with Crippen LogP contribution in [-0.2, 0) is 6.54 Å². The van der Waals surface area contributed by atoms with E-state index in [1.54, 1.807) is 13.2 Å². The highest BCUT2D eigenvalue weighted by Crippen LogP contribution is 2.20. The van der Waals surface area contributed by atoms with Gasteiger partial charge in [-0.3, -0.25) is 4.90 Å². The number of hydrogen-bond donors (Lipinski definition) is 3. The van der Waals surface area contributed by atoms with E-state index in [0.717, 1.165) is 19.5 Å². The van der Waals surface area contributed by atoms with Crippen molar-refractivity contribution < 1.29 is 14.6 Å². The number of aliphatic hydroxyl groups excluding tert-OH is 1. The number of methoxy groups -OCH3 is 1. The summed E-state index contributed by atoms with van der Waals surface area (Å²) in [6.07, 6.45) is 0.855. The monoisotopic (exact) mass is 369 g/mol. The molecular formula is C21H27N3O3. The van der Waals surface area contributed by atoms with E-state index in [-0.39, 0.29) is 24.6 Å². The van der Waals surface area contributed by atoms with E-state index in [9.17, 15) is 9.90 Å². The molecule has 0 saturated carbocycles. The average molecular weight is 369 g/mol. The normalized spacial score (nSPS) is 20.1. The Morgan fingerprint density at radius 3 is 2.78 bits per heavy atom. The van der Waals surface area contributed by atoms with E-state index in [2.05, 4.69) is 27.7 Å². The van der Waals surface area contributed by atoms with E-state index in [0.29, 0.717) is 18.0 Å². The summed E-state index contributed by atoms with van der Waals surface area (Å²) in [7, 11) is 1.59. The van der Waals surface area contributed by atoms with Gasteiger partial charge in [-0.2, -0.15) is 0 Å². The molecule has 3 rings (SSSR count). The molecule has 1 aliphatic rings. The standard InChI is InChI=1S/C21H27N3O3/c1-27-19-9-5-8-18(12-19)22-21(26)23-20-14-24(11-10-17(20)15-25)13-16-6-3-2-4-7-16/h2-9,12,17,20,25H,10-11,13-15H2,1H3,(H2,22,23,26)/t17-,20-/m1/s1. The molecule has 0 radical (unpaired) electrons. The molecule has 6 nitrogen and oxygen atoms in total. The third kappa shape index (κ3) is 5.45. The van der Waals surface area contributed by atoms with Crippen LogP contribution in [0.15, 0.2) is 54.6 Å². The maximum absolute atomic E-state index is 12.4. The third-order valence-corrected chi connectivity index (χ3v) is 4.97. The van der Waals surface area contributed by atoms with Crippen molar-refractivity contribution in [3.8, 4) is 5.75 Å². The highest BCUT2D eigenvalue weighted by molar-refractivity contribution is 5.89. The second-order valence-electron chi connectivity index (χ2n) is 6.89. The summed E-state index contributed by atoms with van der Waals surface area (Å²) in [5, 5.41) is 15.6. The first-order valence-electron chi connectivity index (χ1n) is 9.26. The summed E-state index contributed by atoms with van der Waals surface area (Å²) in [5.74, 6) is 0.751. The van der Waals surface area contributed by atoms with Gasteiger partial charge in [0.15, 0.2) is 0 Å². The Bertz CT molecular complexity index is 738. The number of piperidine rings is 1. The summed E-state index contributed by atoms with van der Waals surface area (Å²) in [5.41, 5.74) is 1.92. The van der Waals surface area contributed by atoms with Crippen LogP contribution < -0.4 is 15.4 Å². The fraction of sp³-hybridized carbons (Fsp3) is 0.381. The molecule has 1 saturated heterocycles. The fourth-order valence-corrected chi connectivity index (χ4v) is 3.47. The van der Waals surface area contributed by atoms with Crippen molar-refractivity contribution in [1.82, 2.24) is 10.2 Å². The van der Waals surface area contributed by atoms with Crippen LogP contribution in [0.1, 0.15) is 12.0 Å². The number of benzene rings is 2. The van der Waals surface area contributed by atoms with Gasteiger partial charge in [0, 0.05) is 43.4 Å². The number of rotatable bonds is 6. The van der Waals surface area contributed by atoms with Gasteiger partial charge in [0.05, 0.1) is 7.11 Å². The Labute approximate surface area is 160 Å². The van der Waals surface area contributed by atoms with Crippen LogP contribution in [0.2, 0.25) is 0 Å². The van der Waals surface area contributed by atoms with Crippen LogP contribution in [0.25, 0.3) is 0 Å². The Balaban J connectivity index is 1.59. The van der Waals surface area contributed by atoms with E-state index in [1.807, 2.05) is 36.4 Å². The second kappa shape index (κ2) is 9.39. The molecule has 2 amide bonds. The maximum Gasteiger partial charge on any atom is 0.319 e. The topological polar surface area (TPSA) is 73.8 Å². The van der Waals surface area contributed by atoms with Crippen LogP contribution in [0.4, 0.5) is 10.5 Å². The van der Waals surface area contributed by atoms with Crippen LogP contribution in [0, 0.1) is 5.92 Å². The smallest absolute Gasteiger partial charge is 0.319 e. The SMILES string of the molecule is COc1cccc(NC(=O)N[C@@H]2CN(Cc3ccccc3)CC[C@@H]2CO)c1. The Hall–Kier alpha value is -2.57. The molecule has 6 heteroatoms. The van der Waals surface area contributed by atoms with Crippen molar-refractivity contribution in [2.24, 2.45) is 5.92 Å². The number of likely N-dealkylation sites (tertiary alicyclic amines) is 1. The number of amides is 2. The summed E-state index contributed by atoms with van der Waals surface area (Å²) in [6.45, 7) is 2.54. The van der Waals surface area contributed by atoms with Gasteiger partial charge in [0.1, 0.15) is 5.75 Å². The van der Waals surface area contributed by atoms with Gasteiger partial charge in [-0.15, -0.1) is 0 Å². The molecule has 1 heterocycles. The van der Waals surface area contributed by atoms with Crippen molar-refractivity contribution in [2.45, 2.75) is 19.0 Å². The zero-order chi connectivity index (χ0) is 19.1. The summed E-state index contributed by atoms with van der Waals surface area (Å²) < 4.78 is 5.18. The molecule has 144 valence electrons. The number of carbonyl (C=O) groups is 1. The number of nitrogens with zero attached hydrogens (tertiary/aromatic N) is 1. The third-order valence-electron chi connectivity index (χ3n) is 4.97. The number of nitrogens with one attached hydrogen (secondary N) is 2. The van der Waals surface area contributed by atoms with Crippen LogP contribution in [0.3, 0.4) is 0 Å². The molecule has 0 unspecified atom stereocenters. The van der Waals surface area contributed by atoms with Crippen LogP contribution in [0.5, 0.6) is 5.75 Å². The molecule has 2 atom stereocenters. The maximum atomic E-state index is 12.4. The lowest BCUT2D eigenvalue weighted by atomic mass is 9.92. The first-order valence-corrected chi connectivity index (χ1v) is 9.26. The van der Waals surface area contributed by atoms with Crippen LogP contribution >= 0.6 is 0 Å². The molecule has 0 aliphatic carbocycles. The van der Waals surface area contributed by atoms with Crippen molar-refractivity contribution in [1.29, 1.82) is 0 Å². The van der Waals surface area contributed by atoms with E-state index in [4.69, 9.17) is 4.74 Å². The van der Waals surface area contributed by atoms with E-state index in [1.165, 1.54) is 5.56 Å². The summed E-state index contributed by atoms with van der Waals surface area (Å²) in [6, 6.07) is 17.2. The molecule has 3 N–H and O–H groups in total. The van der Waals surface area contributed by atoms with Gasteiger partial charge in [-0.25, -0.2) is 4.79 Å². The number of anilines is 1. The zero-order valence-corrected chi connectivity index (χ0v) is 15.6. The lowest BCUT2D eigenvalue weighted by molar-refractivity contribution is 0.0958. The fourth-order valence-electron chi connectivity index (χ4n) is 3.47. The predicted molar refractivity (Wildman–Crippen MR) is 106 cm³/mol. The molecule has 27 heavy (non-hydrogen) atoms. The minimum absolute atomic E-state index is 0.0630. The first-order chi connectivity index (χ1) is 13.2. The number of hydrogen-bond acceptors (Lipinski definition) is 4. The number of ether oxygens (including phenoxy) is 1. The molecule has 2 aromatic carbocycles. The van der Waals surface area contributed by atoms with E-state index < -0.39 is 0 Å². The van der Waals surface area contributed by atoms with Crippen molar-refractivity contribution >= 4 is 11.7 Å². The summed E-state index contributed by atoms with van der Waals surface area (Å²) >= 11 is 0. The van der Waals surface area contributed by atoms with Crippen molar-refractivity contribution in [3.05, 3.63) is 60.2 Å². The van der Waals surface area contributed by atoms with Crippen LogP contribution in [-0.4, -0.2) is 48.9 Å². The molecular weight excluding hydrogens is 342 g/mol. The second-order valence-corrected chi connectivity index (χ2v) is 6.89. The van der Waals surface area contributed by atoms with Crippen molar-refractivity contribution in [3.63, 3.8) is 0 Å². The average Bonchev–Trinajstić information content (AvgIpc) is 2.69. The quantitative estimate of drug-likeness (QED) is 0.732. The number of carbonyl (C=O) groups excluding carboxylic acids is 1. The molecule has 1 fully saturated rings. The van der Waals surface area contributed by atoms with E-state index >= 15 is 0 Å². The molecule has 0 spiro atoms. The largest absolute Gasteiger partial charge is 0.497 e. The first kappa shape index (κ1) is 19.2.